The smallest absolute Gasteiger partial charge is 0.328 e. The number of hydrogen-bond donors (Lipinski definition) is 1. The number of aliphatic carboxylic acids is 1. The van der Waals surface area contributed by atoms with Crippen molar-refractivity contribution in [3.8, 4) is 0 Å². The Morgan fingerprint density at radius 1 is 1.40 bits per heavy atom. The number of ether oxygens (including phenoxy) is 1. The highest BCUT2D eigenvalue weighted by Crippen LogP contribution is 1.77. The van der Waals surface area contributed by atoms with Crippen molar-refractivity contribution < 1.29 is 19.4 Å². The number of carboxylic acid groups (broad SMARTS) is 1. The summed E-state index contributed by atoms with van der Waals surface area (Å²) in [6, 6.07) is 0. The average Bonchev–Trinajstić information content (AvgIpc) is 1.87. The van der Waals surface area contributed by atoms with E-state index in [1.807, 2.05) is 0 Å². The van der Waals surface area contributed by atoms with E-state index in [0.717, 1.165) is 12.3 Å². The molecule has 0 saturated carbocycles. The quantitative estimate of drug-likeness (QED) is 0.265. The predicted molar refractivity (Wildman–Crippen MR) is 33.1 cm³/mol. The third kappa shape index (κ3) is 6.42. The number of allylic oxidation sites excluding steroid dienone is 2. The lowest BCUT2D eigenvalue weighted by Crippen LogP contribution is -1.84. The second-order valence-electron chi connectivity index (χ2n) is 1.26. The molecule has 4 heteroatoms. The van der Waals surface area contributed by atoms with Gasteiger partial charge in [0.05, 0.1) is 6.26 Å². The van der Waals surface area contributed by atoms with E-state index >= 15 is 0 Å². The van der Waals surface area contributed by atoms with Gasteiger partial charge < -0.3 is 9.84 Å². The van der Waals surface area contributed by atoms with Crippen molar-refractivity contribution in [3.63, 3.8) is 0 Å². The van der Waals surface area contributed by atoms with Gasteiger partial charge >= 0.3 is 5.97 Å². The van der Waals surface area contributed by atoms with Crippen LogP contribution in [-0.2, 0) is 14.3 Å². The zero-order valence-corrected chi connectivity index (χ0v) is 5.06. The highest BCUT2D eigenvalue weighted by molar-refractivity contribution is 5.80. The van der Waals surface area contributed by atoms with Gasteiger partial charge in [-0.05, 0) is 6.08 Å². The normalized spacial score (nSPS) is 10.4. The maximum atomic E-state index is 9.80. The van der Waals surface area contributed by atoms with Gasteiger partial charge in [0.25, 0.3) is 6.47 Å². The average molecular weight is 142 g/mol. The molecule has 0 aliphatic carbocycles. The number of rotatable bonds is 4. The zero-order chi connectivity index (χ0) is 7.82. The first kappa shape index (κ1) is 8.42. The van der Waals surface area contributed by atoms with Gasteiger partial charge in [0.2, 0.25) is 0 Å². The molecule has 0 atom stereocenters. The molecular weight excluding hydrogens is 136 g/mol. The highest BCUT2D eigenvalue weighted by atomic mass is 16.5. The van der Waals surface area contributed by atoms with Crippen LogP contribution >= 0.6 is 0 Å². The van der Waals surface area contributed by atoms with E-state index in [4.69, 9.17) is 5.11 Å². The van der Waals surface area contributed by atoms with Crippen LogP contribution in [0.4, 0.5) is 0 Å². The zero-order valence-electron chi connectivity index (χ0n) is 5.06. The monoisotopic (exact) mass is 142 g/mol. The lowest BCUT2D eigenvalue weighted by atomic mass is 10.5. The minimum absolute atomic E-state index is 0.241. The van der Waals surface area contributed by atoms with E-state index in [0.29, 0.717) is 0 Å². The molecule has 10 heavy (non-hydrogen) atoms. The van der Waals surface area contributed by atoms with Crippen molar-refractivity contribution in [2.24, 2.45) is 0 Å². The number of carbonyl (C=O) groups is 2. The van der Waals surface area contributed by atoms with Crippen molar-refractivity contribution in [2.75, 3.05) is 0 Å². The summed E-state index contributed by atoms with van der Waals surface area (Å²) in [5.41, 5.74) is 0. The molecule has 0 aliphatic heterocycles. The summed E-state index contributed by atoms with van der Waals surface area (Å²) in [7, 11) is 0. The molecule has 0 bridgehead atoms. The topological polar surface area (TPSA) is 63.6 Å². The van der Waals surface area contributed by atoms with Gasteiger partial charge in [0, 0.05) is 6.08 Å². The van der Waals surface area contributed by atoms with Crippen LogP contribution in [0.25, 0.3) is 0 Å². The van der Waals surface area contributed by atoms with Crippen LogP contribution in [0.5, 0.6) is 0 Å². The number of carboxylic acids is 1. The first-order valence-electron chi connectivity index (χ1n) is 2.42. The first-order chi connectivity index (χ1) is 4.77. The van der Waals surface area contributed by atoms with Crippen molar-refractivity contribution in [3.05, 3.63) is 24.5 Å². The van der Waals surface area contributed by atoms with Gasteiger partial charge in [0.1, 0.15) is 0 Å². The van der Waals surface area contributed by atoms with E-state index in [1.54, 1.807) is 0 Å². The molecule has 54 valence electrons. The van der Waals surface area contributed by atoms with E-state index in [1.165, 1.54) is 12.2 Å². The molecule has 0 spiro atoms. The van der Waals surface area contributed by atoms with Gasteiger partial charge in [-0.2, -0.15) is 0 Å². The third-order valence-electron chi connectivity index (χ3n) is 0.563. The van der Waals surface area contributed by atoms with Crippen LogP contribution in [-0.4, -0.2) is 17.5 Å². The van der Waals surface area contributed by atoms with Crippen LogP contribution < -0.4 is 0 Å². The molecule has 4 nitrogen and oxygen atoms in total. The van der Waals surface area contributed by atoms with Crippen molar-refractivity contribution in [2.45, 2.75) is 0 Å². The van der Waals surface area contributed by atoms with Crippen LogP contribution in [0.1, 0.15) is 0 Å². The second kappa shape index (κ2) is 5.55. The van der Waals surface area contributed by atoms with Crippen molar-refractivity contribution in [1.29, 1.82) is 0 Å². The minimum Gasteiger partial charge on any atom is -0.478 e. The molecule has 0 aromatic heterocycles. The molecule has 0 aromatic rings. The second-order valence-corrected chi connectivity index (χ2v) is 1.26. The van der Waals surface area contributed by atoms with Crippen LogP contribution in [0, 0.1) is 0 Å². The minimum atomic E-state index is -1.05. The summed E-state index contributed by atoms with van der Waals surface area (Å²) >= 11 is 0. The fourth-order valence-electron chi connectivity index (χ4n) is 0.261. The maximum Gasteiger partial charge on any atom is 0.328 e. The molecule has 0 unspecified atom stereocenters. The molecule has 0 saturated heterocycles. The summed E-state index contributed by atoms with van der Waals surface area (Å²) in [5, 5.41) is 8.04. The highest BCUT2D eigenvalue weighted by Gasteiger charge is 1.79. The molecule has 0 aliphatic rings. The lowest BCUT2D eigenvalue weighted by molar-refractivity contribution is -0.131. The SMILES string of the molecule is O=CO/C=C/C=CC(=O)O. The van der Waals surface area contributed by atoms with Crippen molar-refractivity contribution in [1.82, 2.24) is 0 Å². The molecule has 0 fully saturated rings. The Balaban J connectivity index is 3.51. The Labute approximate surface area is 57.4 Å². The Morgan fingerprint density at radius 3 is 2.60 bits per heavy atom. The van der Waals surface area contributed by atoms with Gasteiger partial charge in [-0.3, -0.25) is 4.79 Å². The van der Waals surface area contributed by atoms with Gasteiger partial charge in [0.15, 0.2) is 0 Å². The Morgan fingerprint density at radius 2 is 2.10 bits per heavy atom. The first-order valence-corrected chi connectivity index (χ1v) is 2.42. The molecule has 0 radical (unpaired) electrons. The molecule has 0 aromatic carbocycles. The maximum absolute atomic E-state index is 9.80. The summed E-state index contributed by atoms with van der Waals surface area (Å²) in [6.07, 6.45) is 4.53. The lowest BCUT2D eigenvalue weighted by Gasteiger charge is -1.78. The standard InChI is InChI=1S/C6H6O4/c7-5-10-4-2-1-3-6(8)9/h1-5H,(H,8,9)/b3-1?,4-2+. The van der Waals surface area contributed by atoms with Crippen molar-refractivity contribution >= 4 is 12.4 Å². The van der Waals surface area contributed by atoms with Gasteiger partial charge in [-0.15, -0.1) is 0 Å². The Hall–Kier alpha value is -1.58. The van der Waals surface area contributed by atoms with E-state index in [2.05, 4.69) is 4.74 Å². The molecule has 0 rings (SSSR count). The predicted octanol–water partition coefficient (Wildman–Crippen LogP) is 0.314. The summed E-state index contributed by atoms with van der Waals surface area (Å²) in [6.45, 7) is 0.241. The third-order valence-corrected chi connectivity index (χ3v) is 0.563. The fraction of sp³-hybridized carbons (Fsp3) is 0. The van der Waals surface area contributed by atoms with Crippen LogP contribution in [0.15, 0.2) is 24.5 Å². The van der Waals surface area contributed by atoms with Crippen LogP contribution in [0.2, 0.25) is 0 Å². The molecular formula is C6H6O4. The summed E-state index contributed by atoms with van der Waals surface area (Å²) in [5.74, 6) is -1.05. The van der Waals surface area contributed by atoms with E-state index < -0.39 is 5.97 Å². The number of hydrogen-bond acceptors (Lipinski definition) is 3. The van der Waals surface area contributed by atoms with E-state index in [-0.39, 0.29) is 6.47 Å². The molecule has 1 N–H and O–H groups in total. The fourth-order valence-corrected chi connectivity index (χ4v) is 0.261. The number of carbonyl (C=O) groups excluding carboxylic acids is 1. The largest absolute Gasteiger partial charge is 0.478 e. The summed E-state index contributed by atoms with van der Waals surface area (Å²) < 4.78 is 4.11. The molecule has 0 amide bonds. The Kier molecular flexibility index (Phi) is 4.68. The van der Waals surface area contributed by atoms with Gasteiger partial charge in [-0.25, -0.2) is 4.79 Å². The van der Waals surface area contributed by atoms with E-state index in [9.17, 15) is 9.59 Å². The molecule has 0 heterocycles. The van der Waals surface area contributed by atoms with Crippen LogP contribution in [0.3, 0.4) is 0 Å². The van der Waals surface area contributed by atoms with Gasteiger partial charge in [-0.1, -0.05) is 6.08 Å². The Bertz CT molecular complexity index is 169. The summed E-state index contributed by atoms with van der Waals surface area (Å²) in [4.78, 5) is 19.3.